The van der Waals surface area contributed by atoms with Crippen molar-refractivity contribution in [1.82, 2.24) is 0 Å². The predicted octanol–water partition coefficient (Wildman–Crippen LogP) is 0.880. The summed E-state index contributed by atoms with van der Waals surface area (Å²) in [6, 6.07) is 4.95. The SMILES string of the molecule is NC(=O)c1ccc2c(c1)OCC=N2. The summed E-state index contributed by atoms with van der Waals surface area (Å²) in [7, 11) is 0. The van der Waals surface area contributed by atoms with E-state index >= 15 is 0 Å². The highest BCUT2D eigenvalue weighted by molar-refractivity contribution is 5.94. The van der Waals surface area contributed by atoms with Crippen LogP contribution in [0.15, 0.2) is 23.2 Å². The van der Waals surface area contributed by atoms with Crippen LogP contribution >= 0.6 is 0 Å². The third kappa shape index (κ3) is 1.38. The topological polar surface area (TPSA) is 64.7 Å². The molecule has 2 N–H and O–H groups in total. The van der Waals surface area contributed by atoms with Crippen LogP contribution < -0.4 is 10.5 Å². The maximum Gasteiger partial charge on any atom is 0.248 e. The highest BCUT2D eigenvalue weighted by Crippen LogP contribution is 2.29. The first kappa shape index (κ1) is 7.79. The van der Waals surface area contributed by atoms with E-state index in [4.69, 9.17) is 10.5 Å². The first-order valence-electron chi connectivity index (χ1n) is 3.86. The minimum absolute atomic E-state index is 0.440. The molecule has 0 spiro atoms. The quantitative estimate of drug-likeness (QED) is 0.690. The zero-order valence-corrected chi connectivity index (χ0v) is 6.86. The van der Waals surface area contributed by atoms with Gasteiger partial charge in [0.1, 0.15) is 18.0 Å². The van der Waals surface area contributed by atoms with Crippen LogP contribution in [-0.2, 0) is 0 Å². The second-order valence-electron chi connectivity index (χ2n) is 2.67. The Morgan fingerprint density at radius 2 is 2.38 bits per heavy atom. The van der Waals surface area contributed by atoms with Crippen LogP contribution in [0.4, 0.5) is 5.69 Å². The highest BCUT2D eigenvalue weighted by Gasteiger charge is 2.09. The lowest BCUT2D eigenvalue weighted by Crippen LogP contribution is -2.11. The van der Waals surface area contributed by atoms with Gasteiger partial charge in [-0.2, -0.15) is 0 Å². The number of nitrogens with zero attached hydrogens (tertiary/aromatic N) is 1. The molecule has 0 aromatic heterocycles. The van der Waals surface area contributed by atoms with Crippen molar-refractivity contribution in [3.63, 3.8) is 0 Å². The number of aliphatic imine (C=N–C) groups is 1. The Hall–Kier alpha value is -1.84. The van der Waals surface area contributed by atoms with E-state index in [-0.39, 0.29) is 0 Å². The molecule has 4 nitrogen and oxygen atoms in total. The van der Waals surface area contributed by atoms with Gasteiger partial charge in [0, 0.05) is 11.8 Å². The van der Waals surface area contributed by atoms with Crippen LogP contribution in [0.1, 0.15) is 10.4 Å². The van der Waals surface area contributed by atoms with E-state index in [1.807, 2.05) is 0 Å². The molecule has 1 heterocycles. The maximum absolute atomic E-state index is 10.8. The molecule has 0 saturated heterocycles. The molecule has 66 valence electrons. The molecule has 0 bridgehead atoms. The number of carbonyl (C=O) groups excluding carboxylic acids is 1. The third-order valence-electron chi connectivity index (χ3n) is 1.79. The van der Waals surface area contributed by atoms with E-state index < -0.39 is 5.91 Å². The van der Waals surface area contributed by atoms with Crippen molar-refractivity contribution >= 4 is 17.8 Å². The van der Waals surface area contributed by atoms with Crippen molar-refractivity contribution in [2.75, 3.05) is 6.61 Å². The van der Waals surface area contributed by atoms with Crippen LogP contribution in [0.3, 0.4) is 0 Å². The number of benzene rings is 1. The number of fused-ring (bicyclic) bond motifs is 1. The van der Waals surface area contributed by atoms with Gasteiger partial charge in [0.15, 0.2) is 0 Å². The van der Waals surface area contributed by atoms with Gasteiger partial charge < -0.3 is 10.5 Å². The Morgan fingerprint density at radius 3 is 3.15 bits per heavy atom. The van der Waals surface area contributed by atoms with Crippen molar-refractivity contribution < 1.29 is 9.53 Å². The molecule has 0 fully saturated rings. The van der Waals surface area contributed by atoms with Crippen LogP contribution in [0.2, 0.25) is 0 Å². The molecule has 1 amide bonds. The number of amides is 1. The van der Waals surface area contributed by atoms with E-state index in [2.05, 4.69) is 4.99 Å². The standard InChI is InChI=1S/C9H8N2O2/c10-9(12)6-1-2-7-8(5-6)13-4-3-11-7/h1-3,5H,4H2,(H2,10,12). The number of hydrogen-bond acceptors (Lipinski definition) is 3. The van der Waals surface area contributed by atoms with Gasteiger partial charge in [-0.25, -0.2) is 0 Å². The largest absolute Gasteiger partial charge is 0.486 e. The minimum atomic E-state index is -0.457. The van der Waals surface area contributed by atoms with Crippen LogP contribution in [-0.4, -0.2) is 18.7 Å². The Bertz CT molecular complexity index is 385. The molecule has 1 aromatic carbocycles. The normalized spacial score (nSPS) is 13.2. The molecule has 1 aliphatic heterocycles. The maximum atomic E-state index is 10.8. The molecule has 0 unspecified atom stereocenters. The summed E-state index contributed by atoms with van der Waals surface area (Å²) in [5.74, 6) is 0.153. The number of nitrogens with two attached hydrogens (primary N) is 1. The Kier molecular flexibility index (Phi) is 1.73. The molecular weight excluding hydrogens is 168 g/mol. The number of hydrogen-bond donors (Lipinski definition) is 1. The van der Waals surface area contributed by atoms with E-state index in [1.54, 1.807) is 24.4 Å². The monoisotopic (exact) mass is 176 g/mol. The van der Waals surface area contributed by atoms with Gasteiger partial charge in [0.05, 0.1) is 0 Å². The lowest BCUT2D eigenvalue weighted by Gasteiger charge is -2.11. The van der Waals surface area contributed by atoms with Crippen molar-refractivity contribution in [2.45, 2.75) is 0 Å². The Balaban J connectivity index is 2.48. The summed E-state index contributed by atoms with van der Waals surface area (Å²) >= 11 is 0. The molecule has 1 aromatic rings. The van der Waals surface area contributed by atoms with Crippen LogP contribution in [0.25, 0.3) is 0 Å². The lowest BCUT2D eigenvalue weighted by atomic mass is 10.2. The number of primary amides is 1. The summed E-state index contributed by atoms with van der Waals surface area (Å²) < 4.78 is 5.26. The highest BCUT2D eigenvalue weighted by atomic mass is 16.5. The zero-order valence-electron chi connectivity index (χ0n) is 6.86. The van der Waals surface area contributed by atoms with Crippen molar-refractivity contribution in [2.24, 2.45) is 10.7 Å². The first-order valence-corrected chi connectivity index (χ1v) is 3.86. The second-order valence-corrected chi connectivity index (χ2v) is 2.67. The molecule has 13 heavy (non-hydrogen) atoms. The average Bonchev–Trinajstić information content (AvgIpc) is 2.17. The molecule has 2 rings (SSSR count). The van der Waals surface area contributed by atoms with Gasteiger partial charge in [-0.3, -0.25) is 9.79 Å². The smallest absolute Gasteiger partial charge is 0.248 e. The number of carbonyl (C=O) groups is 1. The molecule has 0 atom stereocenters. The van der Waals surface area contributed by atoms with Gasteiger partial charge in [0.25, 0.3) is 0 Å². The third-order valence-corrected chi connectivity index (χ3v) is 1.79. The van der Waals surface area contributed by atoms with Crippen molar-refractivity contribution in [3.8, 4) is 5.75 Å². The average molecular weight is 176 g/mol. The first-order chi connectivity index (χ1) is 6.27. The van der Waals surface area contributed by atoms with E-state index in [9.17, 15) is 4.79 Å². The van der Waals surface area contributed by atoms with E-state index in [1.165, 1.54) is 0 Å². The molecule has 0 radical (unpaired) electrons. The van der Waals surface area contributed by atoms with E-state index in [0.29, 0.717) is 17.9 Å². The Morgan fingerprint density at radius 1 is 1.54 bits per heavy atom. The van der Waals surface area contributed by atoms with Gasteiger partial charge in [-0.15, -0.1) is 0 Å². The van der Waals surface area contributed by atoms with Crippen molar-refractivity contribution in [3.05, 3.63) is 23.8 Å². The summed E-state index contributed by atoms with van der Waals surface area (Å²) in [6.07, 6.45) is 1.67. The summed E-state index contributed by atoms with van der Waals surface area (Å²) in [6.45, 7) is 0.440. The van der Waals surface area contributed by atoms with Gasteiger partial charge in [0.2, 0.25) is 5.91 Å². The summed E-state index contributed by atoms with van der Waals surface area (Å²) in [4.78, 5) is 14.9. The summed E-state index contributed by atoms with van der Waals surface area (Å²) in [5.41, 5.74) is 6.29. The zero-order chi connectivity index (χ0) is 9.26. The molecule has 1 aliphatic rings. The fourth-order valence-electron chi connectivity index (χ4n) is 1.15. The number of rotatable bonds is 1. The van der Waals surface area contributed by atoms with Gasteiger partial charge >= 0.3 is 0 Å². The van der Waals surface area contributed by atoms with E-state index in [0.717, 1.165) is 5.69 Å². The van der Waals surface area contributed by atoms with Crippen molar-refractivity contribution in [1.29, 1.82) is 0 Å². The van der Waals surface area contributed by atoms with Gasteiger partial charge in [-0.05, 0) is 18.2 Å². The molecular formula is C9H8N2O2. The van der Waals surface area contributed by atoms with Crippen LogP contribution in [0.5, 0.6) is 5.75 Å². The fraction of sp³-hybridized carbons (Fsp3) is 0.111. The minimum Gasteiger partial charge on any atom is -0.486 e. The Labute approximate surface area is 75.0 Å². The van der Waals surface area contributed by atoms with Gasteiger partial charge in [-0.1, -0.05) is 0 Å². The van der Waals surface area contributed by atoms with Crippen LogP contribution in [0, 0.1) is 0 Å². The molecule has 0 saturated carbocycles. The fourth-order valence-corrected chi connectivity index (χ4v) is 1.15. The predicted molar refractivity (Wildman–Crippen MR) is 48.6 cm³/mol. The summed E-state index contributed by atoms with van der Waals surface area (Å²) in [5, 5.41) is 0. The second kappa shape index (κ2) is 2.90. The number of ether oxygens (including phenoxy) is 1. The lowest BCUT2D eigenvalue weighted by molar-refractivity contribution is 0.1000. The molecule has 4 heteroatoms. The molecule has 0 aliphatic carbocycles.